The summed E-state index contributed by atoms with van der Waals surface area (Å²) in [4.78, 5) is 47.2. The summed E-state index contributed by atoms with van der Waals surface area (Å²) in [6.45, 7) is 11.7. The molecule has 0 spiro atoms. The first-order valence-corrected chi connectivity index (χ1v) is 12.8. The second kappa shape index (κ2) is 9.60. The van der Waals surface area contributed by atoms with Crippen LogP contribution in [0.15, 0.2) is 24.8 Å². The molecule has 2 aliphatic rings. The van der Waals surface area contributed by atoms with Crippen molar-refractivity contribution in [2.24, 2.45) is 5.92 Å². The van der Waals surface area contributed by atoms with Gasteiger partial charge in [0, 0.05) is 31.9 Å². The van der Waals surface area contributed by atoms with Gasteiger partial charge in [0.1, 0.15) is 22.9 Å². The molecule has 0 radical (unpaired) electrons. The van der Waals surface area contributed by atoms with E-state index in [9.17, 15) is 9.59 Å². The quantitative estimate of drug-likeness (QED) is 0.539. The normalized spacial score (nSPS) is 17.8. The van der Waals surface area contributed by atoms with E-state index in [1.54, 1.807) is 12.4 Å². The maximum atomic E-state index is 12.8. The molecule has 37 heavy (non-hydrogen) atoms. The van der Waals surface area contributed by atoms with Gasteiger partial charge >= 0.3 is 6.09 Å². The van der Waals surface area contributed by atoms with Gasteiger partial charge in [-0.25, -0.2) is 24.7 Å². The molecule has 0 aromatic carbocycles. The van der Waals surface area contributed by atoms with Crippen LogP contribution in [0.3, 0.4) is 0 Å². The Kier molecular flexibility index (Phi) is 6.47. The molecular formula is C26H34N8O3. The first-order chi connectivity index (χ1) is 17.6. The van der Waals surface area contributed by atoms with Gasteiger partial charge in [-0.3, -0.25) is 4.79 Å². The summed E-state index contributed by atoms with van der Waals surface area (Å²) in [5.41, 5.74) is 2.07. The number of imidazole rings is 1. The fourth-order valence-corrected chi connectivity index (χ4v) is 4.66. The molecule has 11 heteroatoms. The van der Waals surface area contributed by atoms with E-state index >= 15 is 0 Å². The Labute approximate surface area is 216 Å². The van der Waals surface area contributed by atoms with Crippen molar-refractivity contribution >= 4 is 29.3 Å². The van der Waals surface area contributed by atoms with Crippen LogP contribution in [0.2, 0.25) is 0 Å². The maximum absolute atomic E-state index is 12.8. The second-order valence-electron chi connectivity index (χ2n) is 11.0. The summed E-state index contributed by atoms with van der Waals surface area (Å²) in [6.07, 6.45) is 9.54. The van der Waals surface area contributed by atoms with Crippen molar-refractivity contribution in [3.63, 3.8) is 0 Å². The van der Waals surface area contributed by atoms with E-state index in [1.807, 2.05) is 50.1 Å². The fourth-order valence-electron chi connectivity index (χ4n) is 4.66. The predicted molar refractivity (Wildman–Crippen MR) is 139 cm³/mol. The zero-order valence-electron chi connectivity index (χ0n) is 22.1. The van der Waals surface area contributed by atoms with Crippen molar-refractivity contribution in [2.75, 3.05) is 29.9 Å². The monoisotopic (exact) mass is 506 g/mol. The number of rotatable bonds is 6. The summed E-state index contributed by atoms with van der Waals surface area (Å²) in [6, 6.07) is 0.290. The van der Waals surface area contributed by atoms with Gasteiger partial charge < -0.3 is 24.3 Å². The zero-order valence-corrected chi connectivity index (χ0v) is 22.1. The molecule has 0 bridgehead atoms. The van der Waals surface area contributed by atoms with Crippen LogP contribution in [0, 0.1) is 19.8 Å². The molecule has 1 N–H and O–H groups in total. The van der Waals surface area contributed by atoms with Crippen LogP contribution in [0.1, 0.15) is 61.9 Å². The number of ether oxygens (including phenoxy) is 1. The number of nitrogens with zero attached hydrogens (tertiary/aromatic N) is 7. The van der Waals surface area contributed by atoms with Gasteiger partial charge in [-0.1, -0.05) is 0 Å². The number of anilines is 2. The molecule has 1 aliphatic carbocycles. The molecule has 1 saturated carbocycles. The highest BCUT2D eigenvalue weighted by Gasteiger charge is 2.38. The van der Waals surface area contributed by atoms with E-state index in [0.29, 0.717) is 24.3 Å². The van der Waals surface area contributed by atoms with E-state index in [0.717, 1.165) is 55.2 Å². The summed E-state index contributed by atoms with van der Waals surface area (Å²) in [5, 5.41) is 2.80. The largest absolute Gasteiger partial charge is 0.444 e. The van der Waals surface area contributed by atoms with Gasteiger partial charge in [0.2, 0.25) is 0 Å². The second-order valence-corrected chi connectivity index (χ2v) is 11.0. The Hall–Kier alpha value is -3.76. The lowest BCUT2D eigenvalue weighted by molar-refractivity contribution is 0.0208. The highest BCUT2D eigenvalue weighted by atomic mass is 16.6. The van der Waals surface area contributed by atoms with Gasteiger partial charge in [0.25, 0.3) is 5.91 Å². The molecule has 0 unspecified atom stereocenters. The van der Waals surface area contributed by atoms with Crippen LogP contribution in [0.25, 0.3) is 5.65 Å². The first-order valence-electron chi connectivity index (χ1n) is 12.8. The average molecular weight is 507 g/mol. The minimum Gasteiger partial charge on any atom is -0.444 e. The lowest BCUT2D eigenvalue weighted by Crippen LogP contribution is -2.41. The van der Waals surface area contributed by atoms with Crippen LogP contribution in [-0.2, 0) is 4.74 Å². The van der Waals surface area contributed by atoms with Gasteiger partial charge in [0.05, 0.1) is 30.0 Å². The molecule has 11 nitrogen and oxygen atoms in total. The standard InChI is InChI=1S/C26H34N8O3/c1-16-12-33-15-21(30-17(2)23(33)29-16)31-24(35)20-10-28-22(11-27-20)32-9-8-18(13-32)14-34(19-6-7-19)25(36)37-26(3,4)5/h10-12,15,18-19H,6-9,13-14H2,1-5H3,(H,31,35)/t18-/m0/s1. The maximum Gasteiger partial charge on any atom is 0.410 e. The van der Waals surface area contributed by atoms with Crippen LogP contribution >= 0.6 is 0 Å². The number of carbonyl (C=O) groups excluding carboxylic acids is 2. The lowest BCUT2D eigenvalue weighted by Gasteiger charge is -2.29. The van der Waals surface area contributed by atoms with E-state index < -0.39 is 5.60 Å². The molecular weight excluding hydrogens is 472 g/mol. The Morgan fingerprint density at radius 2 is 1.89 bits per heavy atom. The third-order valence-corrected chi connectivity index (χ3v) is 6.52. The molecule has 5 rings (SSSR count). The molecule has 3 aromatic rings. The third kappa shape index (κ3) is 5.81. The average Bonchev–Trinajstić information content (AvgIpc) is 3.42. The molecule has 2 amide bonds. The van der Waals surface area contributed by atoms with Crippen LogP contribution in [-0.4, -0.2) is 72.5 Å². The van der Waals surface area contributed by atoms with Crippen LogP contribution < -0.4 is 10.2 Å². The van der Waals surface area contributed by atoms with Crippen molar-refractivity contribution in [3.8, 4) is 0 Å². The molecule has 196 valence electrons. The number of hydrogen-bond donors (Lipinski definition) is 1. The van der Waals surface area contributed by atoms with Crippen molar-refractivity contribution in [1.82, 2.24) is 29.2 Å². The van der Waals surface area contributed by atoms with Crippen molar-refractivity contribution < 1.29 is 14.3 Å². The Balaban J connectivity index is 1.19. The highest BCUT2D eigenvalue weighted by molar-refractivity contribution is 6.02. The van der Waals surface area contributed by atoms with E-state index in [4.69, 9.17) is 4.74 Å². The Morgan fingerprint density at radius 1 is 1.11 bits per heavy atom. The minimum atomic E-state index is -0.504. The van der Waals surface area contributed by atoms with Gasteiger partial charge in [0.15, 0.2) is 5.65 Å². The minimum absolute atomic E-state index is 0.214. The predicted octanol–water partition coefficient (Wildman–Crippen LogP) is 3.61. The number of aryl methyl sites for hydroxylation is 2. The SMILES string of the molecule is Cc1cn2cc(NC(=O)c3cnc(N4CC[C@H](CN(C(=O)OC(C)(C)C)C5CC5)C4)cn3)nc(C)c2n1. The van der Waals surface area contributed by atoms with Gasteiger partial charge in [-0.2, -0.15) is 0 Å². The topological polar surface area (TPSA) is 118 Å². The molecule has 1 aliphatic heterocycles. The van der Waals surface area contributed by atoms with Crippen molar-refractivity contribution in [3.05, 3.63) is 41.9 Å². The van der Waals surface area contributed by atoms with E-state index in [-0.39, 0.29) is 17.7 Å². The number of carbonyl (C=O) groups is 2. The summed E-state index contributed by atoms with van der Waals surface area (Å²) >= 11 is 0. The first kappa shape index (κ1) is 24.9. The molecule has 1 atom stereocenters. The summed E-state index contributed by atoms with van der Waals surface area (Å²) in [5.74, 6) is 1.09. The van der Waals surface area contributed by atoms with Crippen LogP contribution in [0.4, 0.5) is 16.4 Å². The van der Waals surface area contributed by atoms with Gasteiger partial charge in [-0.15, -0.1) is 0 Å². The van der Waals surface area contributed by atoms with Crippen LogP contribution in [0.5, 0.6) is 0 Å². The highest BCUT2D eigenvalue weighted by Crippen LogP contribution is 2.31. The number of hydrogen-bond acceptors (Lipinski definition) is 8. The van der Waals surface area contributed by atoms with Crippen molar-refractivity contribution in [1.29, 1.82) is 0 Å². The van der Waals surface area contributed by atoms with Gasteiger partial charge in [-0.05, 0) is 59.8 Å². The number of amides is 2. The Morgan fingerprint density at radius 3 is 2.57 bits per heavy atom. The van der Waals surface area contributed by atoms with Crippen molar-refractivity contribution in [2.45, 2.75) is 65.5 Å². The fraction of sp³-hybridized carbons (Fsp3) is 0.538. The zero-order chi connectivity index (χ0) is 26.3. The third-order valence-electron chi connectivity index (χ3n) is 6.52. The van der Waals surface area contributed by atoms with E-state index in [1.165, 1.54) is 6.20 Å². The summed E-state index contributed by atoms with van der Waals surface area (Å²) in [7, 11) is 0. The smallest absolute Gasteiger partial charge is 0.410 e. The number of fused-ring (bicyclic) bond motifs is 1. The number of nitrogens with one attached hydrogen (secondary N) is 1. The molecule has 2 fully saturated rings. The lowest BCUT2D eigenvalue weighted by atomic mass is 10.1. The number of aromatic nitrogens is 5. The van der Waals surface area contributed by atoms with E-state index in [2.05, 4.69) is 30.2 Å². The Bertz CT molecular complexity index is 1310. The molecule has 3 aromatic heterocycles. The summed E-state index contributed by atoms with van der Waals surface area (Å²) < 4.78 is 7.48. The molecule has 4 heterocycles. The molecule has 1 saturated heterocycles.